The Hall–Kier alpha value is -0.480. The van der Waals surface area contributed by atoms with Gasteiger partial charge in [-0.05, 0) is 55.7 Å². The van der Waals surface area contributed by atoms with Gasteiger partial charge in [-0.3, -0.25) is 4.79 Å². The molecule has 4 heteroatoms. The number of benzene rings is 1. The lowest BCUT2D eigenvalue weighted by Gasteiger charge is -2.12. The summed E-state index contributed by atoms with van der Waals surface area (Å²) in [7, 11) is 0. The first-order valence-corrected chi connectivity index (χ1v) is 7.61. The van der Waals surface area contributed by atoms with Crippen LogP contribution >= 0.6 is 27.7 Å². The molecule has 1 fully saturated rings. The highest BCUT2D eigenvalue weighted by Gasteiger charge is 2.23. The van der Waals surface area contributed by atoms with Crippen LogP contribution < -0.4 is 5.32 Å². The summed E-state index contributed by atoms with van der Waals surface area (Å²) < 4.78 is 1.12. The SMILES string of the molecule is Cc1cc(NC(=O)C2CCCS2)cc(C)c1Br. The highest BCUT2D eigenvalue weighted by molar-refractivity contribution is 9.10. The number of halogens is 1. The molecule has 2 nitrogen and oxygen atoms in total. The number of carbonyl (C=O) groups excluding carboxylic acids is 1. The van der Waals surface area contributed by atoms with Gasteiger partial charge in [0.2, 0.25) is 5.91 Å². The van der Waals surface area contributed by atoms with Crippen molar-refractivity contribution in [2.45, 2.75) is 31.9 Å². The summed E-state index contributed by atoms with van der Waals surface area (Å²) in [5.74, 6) is 1.25. The topological polar surface area (TPSA) is 29.1 Å². The van der Waals surface area contributed by atoms with Crippen molar-refractivity contribution in [2.24, 2.45) is 0 Å². The summed E-state index contributed by atoms with van der Waals surface area (Å²) in [6.45, 7) is 4.08. The molecule has 0 saturated carbocycles. The zero-order chi connectivity index (χ0) is 12.4. The molecule has 0 radical (unpaired) electrons. The van der Waals surface area contributed by atoms with Crippen molar-refractivity contribution in [1.29, 1.82) is 0 Å². The van der Waals surface area contributed by atoms with Crippen LogP contribution in [0.5, 0.6) is 0 Å². The van der Waals surface area contributed by atoms with Crippen molar-refractivity contribution in [3.05, 3.63) is 27.7 Å². The summed E-state index contributed by atoms with van der Waals surface area (Å²) in [6, 6.07) is 4.02. The lowest BCUT2D eigenvalue weighted by Crippen LogP contribution is -2.22. The van der Waals surface area contributed by atoms with Crippen LogP contribution in [-0.2, 0) is 4.79 Å². The largest absolute Gasteiger partial charge is 0.325 e. The quantitative estimate of drug-likeness (QED) is 0.897. The Morgan fingerprint density at radius 2 is 2.06 bits per heavy atom. The normalized spacial score (nSPS) is 19.4. The Bertz CT molecular complexity index is 418. The molecule has 1 aliphatic heterocycles. The minimum absolute atomic E-state index is 0.138. The van der Waals surface area contributed by atoms with Crippen LogP contribution in [0.4, 0.5) is 5.69 Å². The van der Waals surface area contributed by atoms with Gasteiger partial charge in [-0.15, -0.1) is 11.8 Å². The summed E-state index contributed by atoms with van der Waals surface area (Å²) >= 11 is 5.29. The minimum atomic E-state index is 0.138. The summed E-state index contributed by atoms with van der Waals surface area (Å²) in [6.07, 6.45) is 2.16. The Kier molecular flexibility index (Phi) is 4.15. The van der Waals surface area contributed by atoms with Crippen LogP contribution in [0.3, 0.4) is 0 Å². The number of thioether (sulfide) groups is 1. The summed E-state index contributed by atoms with van der Waals surface area (Å²) in [4.78, 5) is 12.0. The smallest absolute Gasteiger partial charge is 0.237 e. The van der Waals surface area contributed by atoms with E-state index in [9.17, 15) is 4.79 Å². The van der Waals surface area contributed by atoms with Gasteiger partial charge >= 0.3 is 0 Å². The van der Waals surface area contributed by atoms with Crippen molar-refractivity contribution in [2.75, 3.05) is 11.1 Å². The molecular formula is C13H16BrNOS. The lowest BCUT2D eigenvalue weighted by molar-refractivity contribution is -0.115. The van der Waals surface area contributed by atoms with E-state index in [4.69, 9.17) is 0 Å². The van der Waals surface area contributed by atoms with Gasteiger partial charge in [0.1, 0.15) is 0 Å². The van der Waals surface area contributed by atoms with Crippen molar-refractivity contribution in [3.8, 4) is 0 Å². The molecule has 1 aliphatic rings. The Morgan fingerprint density at radius 1 is 1.41 bits per heavy atom. The first-order valence-electron chi connectivity index (χ1n) is 5.77. The zero-order valence-corrected chi connectivity index (χ0v) is 12.5. The second-order valence-corrected chi connectivity index (χ2v) is 6.52. The molecule has 1 amide bonds. The van der Waals surface area contributed by atoms with Gasteiger partial charge in [0, 0.05) is 10.2 Å². The van der Waals surface area contributed by atoms with E-state index in [-0.39, 0.29) is 11.2 Å². The lowest BCUT2D eigenvalue weighted by atomic mass is 10.1. The van der Waals surface area contributed by atoms with E-state index in [1.165, 1.54) is 0 Å². The predicted molar refractivity (Wildman–Crippen MR) is 77.7 cm³/mol. The highest BCUT2D eigenvalue weighted by Crippen LogP contribution is 2.29. The van der Waals surface area contributed by atoms with Gasteiger partial charge in [0.15, 0.2) is 0 Å². The fourth-order valence-corrected chi connectivity index (χ4v) is 3.42. The molecule has 17 heavy (non-hydrogen) atoms. The Labute approximate surface area is 115 Å². The van der Waals surface area contributed by atoms with Crippen LogP contribution in [-0.4, -0.2) is 16.9 Å². The molecule has 0 bridgehead atoms. The molecule has 1 heterocycles. The van der Waals surface area contributed by atoms with Gasteiger partial charge in [0.05, 0.1) is 5.25 Å². The fourth-order valence-electron chi connectivity index (χ4n) is 2.03. The van der Waals surface area contributed by atoms with Gasteiger partial charge in [0.25, 0.3) is 0 Å². The van der Waals surface area contributed by atoms with Crippen molar-refractivity contribution < 1.29 is 4.79 Å². The molecule has 1 saturated heterocycles. The van der Waals surface area contributed by atoms with Gasteiger partial charge in [-0.1, -0.05) is 15.9 Å². The maximum atomic E-state index is 12.0. The molecular weight excluding hydrogens is 298 g/mol. The molecule has 1 N–H and O–H groups in total. The van der Waals surface area contributed by atoms with Crippen LogP contribution in [0.2, 0.25) is 0 Å². The molecule has 0 aliphatic carbocycles. The third kappa shape index (κ3) is 3.05. The molecule has 0 aromatic heterocycles. The number of rotatable bonds is 2. The average Bonchev–Trinajstić information content (AvgIpc) is 2.79. The summed E-state index contributed by atoms with van der Waals surface area (Å²) in [5, 5.41) is 3.15. The molecule has 1 aromatic rings. The van der Waals surface area contributed by atoms with Crippen LogP contribution in [0.25, 0.3) is 0 Å². The Morgan fingerprint density at radius 3 is 2.59 bits per heavy atom. The third-order valence-electron chi connectivity index (χ3n) is 2.93. The van der Waals surface area contributed by atoms with Crippen LogP contribution in [0.1, 0.15) is 24.0 Å². The first kappa shape index (κ1) is 13.0. The van der Waals surface area contributed by atoms with Gasteiger partial charge < -0.3 is 5.32 Å². The number of carbonyl (C=O) groups is 1. The second-order valence-electron chi connectivity index (χ2n) is 4.41. The van der Waals surface area contributed by atoms with Crippen molar-refractivity contribution in [3.63, 3.8) is 0 Å². The highest BCUT2D eigenvalue weighted by atomic mass is 79.9. The standard InChI is InChI=1S/C13H16BrNOS/c1-8-6-10(7-9(2)12(8)14)15-13(16)11-4-3-5-17-11/h6-7,11H,3-5H2,1-2H3,(H,15,16). The maximum absolute atomic E-state index is 12.0. The molecule has 92 valence electrons. The van der Waals surface area contributed by atoms with Crippen molar-refractivity contribution >= 4 is 39.3 Å². The summed E-state index contributed by atoms with van der Waals surface area (Å²) in [5.41, 5.74) is 3.21. The van der Waals surface area contributed by atoms with E-state index in [0.29, 0.717) is 0 Å². The van der Waals surface area contributed by atoms with E-state index in [1.807, 2.05) is 26.0 Å². The molecule has 1 atom stereocenters. The Balaban J connectivity index is 2.10. The number of anilines is 1. The van der Waals surface area contributed by atoms with Gasteiger partial charge in [-0.25, -0.2) is 0 Å². The number of hydrogen-bond donors (Lipinski definition) is 1. The molecule has 2 rings (SSSR count). The first-order chi connectivity index (χ1) is 8.08. The maximum Gasteiger partial charge on any atom is 0.237 e. The monoisotopic (exact) mass is 313 g/mol. The van der Waals surface area contributed by atoms with Crippen molar-refractivity contribution in [1.82, 2.24) is 0 Å². The number of aryl methyl sites for hydroxylation is 2. The number of hydrogen-bond acceptors (Lipinski definition) is 2. The van der Waals surface area contributed by atoms with Crippen LogP contribution in [0, 0.1) is 13.8 Å². The third-order valence-corrected chi connectivity index (χ3v) is 5.55. The van der Waals surface area contributed by atoms with E-state index in [2.05, 4.69) is 21.2 Å². The minimum Gasteiger partial charge on any atom is -0.325 e. The zero-order valence-electron chi connectivity index (χ0n) is 10.0. The average molecular weight is 314 g/mol. The van der Waals surface area contributed by atoms with E-state index >= 15 is 0 Å². The number of nitrogens with one attached hydrogen (secondary N) is 1. The van der Waals surface area contributed by atoms with Gasteiger partial charge in [-0.2, -0.15) is 0 Å². The second kappa shape index (κ2) is 5.44. The number of amides is 1. The predicted octanol–water partition coefficient (Wildman–Crippen LogP) is 3.90. The van der Waals surface area contributed by atoms with Crippen LogP contribution in [0.15, 0.2) is 16.6 Å². The molecule has 0 spiro atoms. The van der Waals surface area contributed by atoms with E-state index in [0.717, 1.165) is 39.9 Å². The molecule has 1 unspecified atom stereocenters. The molecule has 1 aromatic carbocycles. The van der Waals surface area contributed by atoms with E-state index < -0.39 is 0 Å². The fraction of sp³-hybridized carbons (Fsp3) is 0.462. The van der Waals surface area contributed by atoms with E-state index in [1.54, 1.807) is 11.8 Å².